The summed E-state index contributed by atoms with van der Waals surface area (Å²) in [5, 5.41) is 0. The lowest BCUT2D eigenvalue weighted by molar-refractivity contribution is 0.975. The quantitative estimate of drug-likeness (QED) is 0.136. The monoisotopic (exact) mass is 695 g/mol. The van der Waals surface area contributed by atoms with Crippen LogP contribution >= 0.6 is 0 Å². The van der Waals surface area contributed by atoms with Gasteiger partial charge in [-0.2, -0.15) is 0 Å². The molecule has 8 aromatic carbocycles. The third-order valence-corrected chi connectivity index (χ3v) is 10.5. The molecule has 0 aliphatic carbocycles. The predicted octanol–water partition coefficient (Wildman–Crippen LogP) is 14.6. The van der Waals surface area contributed by atoms with E-state index in [2.05, 4.69) is 227 Å². The van der Waals surface area contributed by atoms with E-state index < -0.39 is 0 Å². The summed E-state index contributed by atoms with van der Waals surface area (Å²) in [5.41, 5.74) is 19.5. The molecule has 0 atom stereocenters. The van der Waals surface area contributed by atoms with E-state index >= 15 is 0 Å². The van der Waals surface area contributed by atoms with Crippen molar-refractivity contribution in [2.45, 2.75) is 33.6 Å². The van der Waals surface area contributed by atoms with E-state index in [4.69, 9.17) is 0 Å². The van der Waals surface area contributed by atoms with Crippen LogP contribution in [0.2, 0.25) is 0 Å². The summed E-state index contributed by atoms with van der Waals surface area (Å²) >= 11 is 0. The molecule has 0 heterocycles. The molecule has 8 aromatic rings. The van der Waals surface area contributed by atoms with Crippen molar-refractivity contribution in [1.29, 1.82) is 0 Å². The number of nitrogens with zero attached hydrogens (tertiary/aromatic N) is 1. The van der Waals surface area contributed by atoms with Gasteiger partial charge in [0.1, 0.15) is 0 Å². The minimum absolute atomic E-state index is 0.123. The minimum atomic E-state index is 0.123. The Morgan fingerprint density at radius 2 is 0.685 bits per heavy atom. The Balaban J connectivity index is 1.22. The van der Waals surface area contributed by atoms with Crippen molar-refractivity contribution < 1.29 is 0 Å². The van der Waals surface area contributed by atoms with E-state index in [0.29, 0.717) is 0 Å². The van der Waals surface area contributed by atoms with Gasteiger partial charge >= 0.3 is 0 Å². The van der Waals surface area contributed by atoms with Crippen LogP contribution in [-0.4, -0.2) is 0 Å². The fourth-order valence-electron chi connectivity index (χ4n) is 7.57. The lowest BCUT2D eigenvalue weighted by atomic mass is 9.83. The molecule has 0 N–H and O–H groups in total. The molecule has 1 heteroatoms. The van der Waals surface area contributed by atoms with Gasteiger partial charge in [-0.3, -0.25) is 0 Å². The van der Waals surface area contributed by atoms with Gasteiger partial charge in [-0.1, -0.05) is 180 Å². The van der Waals surface area contributed by atoms with Gasteiger partial charge in [0.15, 0.2) is 0 Å². The zero-order valence-electron chi connectivity index (χ0n) is 31.5. The zero-order chi connectivity index (χ0) is 37.0. The van der Waals surface area contributed by atoms with Crippen molar-refractivity contribution in [1.82, 2.24) is 0 Å². The molecule has 8 rings (SSSR count). The van der Waals surface area contributed by atoms with Crippen LogP contribution in [0.1, 0.15) is 44.9 Å². The van der Waals surface area contributed by atoms with Gasteiger partial charge in [0, 0.05) is 23.0 Å². The molecular weight excluding hydrogens is 651 g/mol. The van der Waals surface area contributed by atoms with Gasteiger partial charge in [-0.05, 0) is 114 Å². The van der Waals surface area contributed by atoms with Gasteiger partial charge in [0.25, 0.3) is 0 Å². The fourth-order valence-corrected chi connectivity index (χ4v) is 7.57. The number of hydrogen-bond acceptors (Lipinski definition) is 1. The van der Waals surface area contributed by atoms with Gasteiger partial charge in [0.05, 0.1) is 0 Å². The van der Waals surface area contributed by atoms with Crippen molar-refractivity contribution in [3.8, 4) is 33.4 Å². The third-order valence-electron chi connectivity index (χ3n) is 10.5. The van der Waals surface area contributed by atoms with E-state index in [1.54, 1.807) is 0 Å². The number of benzene rings is 8. The van der Waals surface area contributed by atoms with E-state index in [-0.39, 0.29) is 5.92 Å². The van der Waals surface area contributed by atoms with Crippen molar-refractivity contribution in [2.75, 3.05) is 4.90 Å². The number of rotatable bonds is 9. The number of hydrogen-bond donors (Lipinski definition) is 0. The van der Waals surface area contributed by atoms with E-state index in [9.17, 15) is 0 Å². The molecular formula is C53H45N. The molecule has 0 saturated heterocycles. The number of anilines is 3. The maximum absolute atomic E-state index is 2.40. The Morgan fingerprint density at radius 1 is 0.296 bits per heavy atom. The van der Waals surface area contributed by atoms with Gasteiger partial charge in [-0.15, -0.1) is 0 Å². The summed E-state index contributed by atoms with van der Waals surface area (Å²) < 4.78 is 0. The molecule has 0 aromatic heterocycles. The average Bonchev–Trinajstić information content (AvgIpc) is 3.21. The Kier molecular flexibility index (Phi) is 9.79. The average molecular weight is 696 g/mol. The molecule has 0 spiro atoms. The van der Waals surface area contributed by atoms with Crippen LogP contribution in [0.3, 0.4) is 0 Å². The molecule has 0 fully saturated rings. The van der Waals surface area contributed by atoms with Gasteiger partial charge in [-0.25, -0.2) is 0 Å². The first-order valence-corrected chi connectivity index (χ1v) is 18.9. The van der Waals surface area contributed by atoms with Crippen molar-refractivity contribution in [3.05, 3.63) is 233 Å². The summed E-state index contributed by atoms with van der Waals surface area (Å²) in [4.78, 5) is 2.35. The first-order valence-electron chi connectivity index (χ1n) is 18.9. The summed E-state index contributed by atoms with van der Waals surface area (Å²) in [6.07, 6.45) is 0. The van der Waals surface area contributed by atoms with Crippen LogP contribution in [0.5, 0.6) is 0 Å². The van der Waals surface area contributed by atoms with Crippen LogP contribution in [0.25, 0.3) is 33.4 Å². The largest absolute Gasteiger partial charge is 0.310 e. The van der Waals surface area contributed by atoms with Crippen LogP contribution in [0.4, 0.5) is 17.1 Å². The highest BCUT2D eigenvalue weighted by Crippen LogP contribution is 2.42. The molecule has 0 unspecified atom stereocenters. The molecule has 0 radical (unpaired) electrons. The van der Waals surface area contributed by atoms with Crippen molar-refractivity contribution in [3.63, 3.8) is 0 Å². The second kappa shape index (κ2) is 15.3. The first-order chi connectivity index (χ1) is 26.4. The third kappa shape index (κ3) is 7.27. The van der Waals surface area contributed by atoms with Crippen LogP contribution in [-0.2, 0) is 0 Å². The Hall–Kier alpha value is -6.44. The molecule has 0 amide bonds. The van der Waals surface area contributed by atoms with Crippen LogP contribution in [0, 0.1) is 27.7 Å². The fraction of sp³-hybridized carbons (Fsp3) is 0.0943. The first kappa shape index (κ1) is 34.6. The van der Waals surface area contributed by atoms with E-state index in [1.165, 1.54) is 72.3 Å². The lowest BCUT2D eigenvalue weighted by Gasteiger charge is -2.26. The van der Waals surface area contributed by atoms with E-state index in [0.717, 1.165) is 17.1 Å². The predicted molar refractivity (Wildman–Crippen MR) is 230 cm³/mol. The molecule has 1 nitrogen and oxygen atoms in total. The molecule has 0 aliphatic rings. The standard InChI is InChI=1S/C53H45N/c1-37-19-27-41(28-20-37)53(42-29-21-38(2)22-30-42)45-13-9-11-43(35-45)49-15-5-7-17-51(49)52-18-8-6-16-50(52)44-12-10-14-48(36-44)54(46-31-23-39(3)24-32-46)47-33-25-40(4)26-34-47/h5-36,53H,1-4H3. The minimum Gasteiger partial charge on any atom is -0.310 e. The molecule has 0 saturated carbocycles. The summed E-state index contributed by atoms with van der Waals surface area (Å²) in [7, 11) is 0. The highest BCUT2D eigenvalue weighted by Gasteiger charge is 2.20. The Bertz CT molecular complexity index is 2240. The molecule has 262 valence electrons. The number of aryl methyl sites for hydroxylation is 4. The van der Waals surface area contributed by atoms with Crippen molar-refractivity contribution in [2.24, 2.45) is 0 Å². The second-order valence-electron chi connectivity index (χ2n) is 14.5. The normalized spacial score (nSPS) is 11.1. The molecule has 0 aliphatic heterocycles. The Labute approximate surface area is 320 Å². The second-order valence-corrected chi connectivity index (χ2v) is 14.5. The van der Waals surface area contributed by atoms with Crippen molar-refractivity contribution >= 4 is 17.1 Å². The zero-order valence-corrected chi connectivity index (χ0v) is 31.5. The summed E-state index contributed by atoms with van der Waals surface area (Å²) in [5.74, 6) is 0.123. The lowest BCUT2D eigenvalue weighted by Crippen LogP contribution is -2.10. The van der Waals surface area contributed by atoms with Gasteiger partial charge < -0.3 is 4.90 Å². The summed E-state index contributed by atoms with van der Waals surface area (Å²) in [6.45, 7) is 8.58. The highest BCUT2D eigenvalue weighted by molar-refractivity contribution is 5.93. The van der Waals surface area contributed by atoms with Gasteiger partial charge in [0.2, 0.25) is 0 Å². The SMILES string of the molecule is Cc1ccc(C(c2ccc(C)cc2)c2cccc(-c3ccccc3-c3ccccc3-c3cccc(N(c4ccc(C)cc4)c4ccc(C)cc4)c3)c2)cc1. The topological polar surface area (TPSA) is 3.24 Å². The van der Waals surface area contributed by atoms with Crippen LogP contribution < -0.4 is 4.90 Å². The highest BCUT2D eigenvalue weighted by atomic mass is 15.1. The Morgan fingerprint density at radius 3 is 1.15 bits per heavy atom. The maximum Gasteiger partial charge on any atom is 0.0467 e. The molecule has 54 heavy (non-hydrogen) atoms. The molecule has 0 bridgehead atoms. The summed E-state index contributed by atoms with van der Waals surface area (Å²) in [6, 6.07) is 71.4. The van der Waals surface area contributed by atoms with Crippen LogP contribution in [0.15, 0.2) is 194 Å². The van der Waals surface area contributed by atoms with E-state index in [1.807, 2.05) is 0 Å². The smallest absolute Gasteiger partial charge is 0.0467 e. The maximum atomic E-state index is 2.40.